The number of anilines is 2. The third-order valence-corrected chi connectivity index (χ3v) is 4.81. The molecule has 0 saturated carbocycles. The van der Waals surface area contributed by atoms with Gasteiger partial charge in [0.2, 0.25) is 0 Å². The van der Waals surface area contributed by atoms with Gasteiger partial charge in [-0.25, -0.2) is 4.79 Å². The van der Waals surface area contributed by atoms with Crippen LogP contribution in [0.3, 0.4) is 0 Å². The Morgan fingerprint density at radius 1 is 1.15 bits per heavy atom. The Hall–Kier alpha value is -2.57. The van der Waals surface area contributed by atoms with E-state index in [9.17, 15) is 9.59 Å². The fourth-order valence-corrected chi connectivity index (χ4v) is 3.38. The van der Waals surface area contributed by atoms with Gasteiger partial charge in [-0.1, -0.05) is 17.7 Å². The summed E-state index contributed by atoms with van der Waals surface area (Å²) < 4.78 is 4.80. The minimum Gasteiger partial charge on any atom is -0.465 e. The Morgan fingerprint density at radius 2 is 1.89 bits per heavy atom. The number of esters is 1. The van der Waals surface area contributed by atoms with Gasteiger partial charge in [-0.3, -0.25) is 4.79 Å². The first-order chi connectivity index (χ1) is 13.0. The van der Waals surface area contributed by atoms with E-state index in [2.05, 4.69) is 15.5 Å². The molecule has 0 aromatic heterocycles. The lowest BCUT2D eigenvalue weighted by molar-refractivity contribution is 0.0600. The number of nitrogens with one attached hydrogen (secondary N) is 2. The Morgan fingerprint density at radius 3 is 2.56 bits per heavy atom. The Labute approximate surface area is 163 Å². The van der Waals surface area contributed by atoms with Crippen LogP contribution in [0.25, 0.3) is 0 Å². The first-order valence-electron chi connectivity index (χ1n) is 8.75. The number of benzene rings is 2. The van der Waals surface area contributed by atoms with Gasteiger partial charge >= 0.3 is 5.97 Å². The normalized spacial score (nSPS) is 14.0. The number of piperazine rings is 1. The quantitative estimate of drug-likeness (QED) is 0.789. The van der Waals surface area contributed by atoms with Crippen LogP contribution in [0.15, 0.2) is 36.4 Å². The number of halogens is 1. The largest absolute Gasteiger partial charge is 0.465 e. The van der Waals surface area contributed by atoms with Crippen LogP contribution in [0.4, 0.5) is 11.4 Å². The van der Waals surface area contributed by atoms with E-state index in [0.717, 1.165) is 37.4 Å². The minimum absolute atomic E-state index is 0.321. The van der Waals surface area contributed by atoms with Crippen molar-refractivity contribution >= 4 is 34.9 Å². The van der Waals surface area contributed by atoms with Gasteiger partial charge < -0.3 is 20.3 Å². The highest BCUT2D eigenvalue weighted by atomic mass is 35.5. The number of nitrogens with zero attached hydrogens (tertiary/aromatic N) is 1. The van der Waals surface area contributed by atoms with E-state index < -0.39 is 5.97 Å². The van der Waals surface area contributed by atoms with Gasteiger partial charge in [0.25, 0.3) is 5.91 Å². The molecule has 0 aliphatic carbocycles. The first-order valence-corrected chi connectivity index (χ1v) is 9.13. The zero-order valence-electron chi connectivity index (χ0n) is 15.3. The molecule has 0 unspecified atom stereocenters. The number of amides is 1. The summed E-state index contributed by atoms with van der Waals surface area (Å²) in [6, 6.07) is 10.5. The standard InChI is InChI=1S/C20H22ClN3O3/c1-13-3-5-15(16(21)11-13)19(25)23-17-12-14(20(26)27-2)4-6-18(17)24-9-7-22-8-10-24/h3-6,11-12,22H,7-10H2,1-2H3,(H,23,25). The van der Waals surface area contributed by atoms with Crippen molar-refractivity contribution in [3.63, 3.8) is 0 Å². The molecule has 7 heteroatoms. The van der Waals surface area contributed by atoms with Crippen LogP contribution in [0.1, 0.15) is 26.3 Å². The van der Waals surface area contributed by atoms with Gasteiger partial charge in [-0.15, -0.1) is 0 Å². The van der Waals surface area contributed by atoms with Crippen molar-refractivity contribution in [1.29, 1.82) is 0 Å². The van der Waals surface area contributed by atoms with E-state index in [4.69, 9.17) is 16.3 Å². The predicted octanol–water partition coefficient (Wildman–Crippen LogP) is 3.10. The SMILES string of the molecule is COC(=O)c1ccc(N2CCNCC2)c(NC(=O)c2ccc(C)cc2Cl)c1. The number of methoxy groups -OCH3 is 1. The van der Waals surface area contributed by atoms with Crippen molar-refractivity contribution in [2.24, 2.45) is 0 Å². The minimum atomic E-state index is -0.453. The highest BCUT2D eigenvalue weighted by molar-refractivity contribution is 6.34. The molecule has 142 valence electrons. The molecule has 0 radical (unpaired) electrons. The van der Waals surface area contributed by atoms with E-state index >= 15 is 0 Å². The number of carbonyl (C=O) groups excluding carboxylic acids is 2. The fourth-order valence-electron chi connectivity index (χ4n) is 3.06. The van der Waals surface area contributed by atoms with E-state index in [1.807, 2.05) is 19.1 Å². The van der Waals surface area contributed by atoms with Crippen molar-refractivity contribution in [1.82, 2.24) is 5.32 Å². The topological polar surface area (TPSA) is 70.7 Å². The molecule has 1 amide bonds. The third kappa shape index (κ3) is 4.40. The monoisotopic (exact) mass is 387 g/mol. The molecule has 2 N–H and O–H groups in total. The van der Waals surface area contributed by atoms with Crippen LogP contribution in [-0.2, 0) is 4.74 Å². The number of ether oxygens (including phenoxy) is 1. The Balaban J connectivity index is 1.94. The van der Waals surface area contributed by atoms with Crippen molar-refractivity contribution in [3.05, 3.63) is 58.1 Å². The number of aryl methyl sites for hydroxylation is 1. The maximum atomic E-state index is 12.8. The number of hydrogen-bond acceptors (Lipinski definition) is 5. The summed E-state index contributed by atoms with van der Waals surface area (Å²) in [6.07, 6.45) is 0. The number of hydrogen-bond donors (Lipinski definition) is 2. The average Bonchev–Trinajstić information content (AvgIpc) is 2.67. The molecule has 1 fully saturated rings. The molecule has 1 aliphatic heterocycles. The Kier molecular flexibility index (Phi) is 5.98. The predicted molar refractivity (Wildman–Crippen MR) is 107 cm³/mol. The number of rotatable bonds is 4. The highest BCUT2D eigenvalue weighted by Gasteiger charge is 2.19. The van der Waals surface area contributed by atoms with Gasteiger partial charge in [0, 0.05) is 26.2 Å². The van der Waals surface area contributed by atoms with Crippen LogP contribution >= 0.6 is 11.6 Å². The van der Waals surface area contributed by atoms with Crippen molar-refractivity contribution in [2.75, 3.05) is 43.5 Å². The summed E-state index contributed by atoms with van der Waals surface area (Å²) in [7, 11) is 1.33. The summed E-state index contributed by atoms with van der Waals surface area (Å²) in [5.74, 6) is -0.774. The molecule has 2 aromatic carbocycles. The summed E-state index contributed by atoms with van der Waals surface area (Å²) in [4.78, 5) is 26.9. The van der Waals surface area contributed by atoms with Crippen molar-refractivity contribution in [2.45, 2.75) is 6.92 Å². The second kappa shape index (κ2) is 8.41. The molecular weight excluding hydrogens is 366 g/mol. The van der Waals surface area contributed by atoms with Gasteiger partial charge in [-0.05, 0) is 42.8 Å². The summed E-state index contributed by atoms with van der Waals surface area (Å²) in [6.45, 7) is 5.25. The maximum absolute atomic E-state index is 12.8. The zero-order valence-corrected chi connectivity index (χ0v) is 16.1. The smallest absolute Gasteiger partial charge is 0.337 e. The molecule has 3 rings (SSSR count). The molecule has 0 atom stereocenters. The van der Waals surface area contributed by atoms with E-state index in [1.165, 1.54) is 7.11 Å². The van der Waals surface area contributed by atoms with Gasteiger partial charge in [0.1, 0.15) is 0 Å². The molecule has 0 bridgehead atoms. The second-order valence-electron chi connectivity index (χ2n) is 6.40. The lowest BCUT2D eigenvalue weighted by Crippen LogP contribution is -2.43. The summed E-state index contributed by atoms with van der Waals surface area (Å²) in [5.41, 5.74) is 3.16. The highest BCUT2D eigenvalue weighted by Crippen LogP contribution is 2.29. The van der Waals surface area contributed by atoms with Gasteiger partial charge in [-0.2, -0.15) is 0 Å². The van der Waals surface area contributed by atoms with Crippen LogP contribution in [0.5, 0.6) is 0 Å². The van der Waals surface area contributed by atoms with Crippen molar-refractivity contribution in [3.8, 4) is 0 Å². The van der Waals surface area contributed by atoms with E-state index in [1.54, 1.807) is 24.3 Å². The lowest BCUT2D eigenvalue weighted by Gasteiger charge is -2.31. The van der Waals surface area contributed by atoms with Crippen LogP contribution in [0.2, 0.25) is 5.02 Å². The molecule has 6 nitrogen and oxygen atoms in total. The van der Waals surface area contributed by atoms with E-state index in [-0.39, 0.29) is 5.91 Å². The average molecular weight is 388 g/mol. The van der Waals surface area contributed by atoms with E-state index in [0.29, 0.717) is 21.8 Å². The van der Waals surface area contributed by atoms with Gasteiger partial charge in [0.15, 0.2) is 0 Å². The Bertz CT molecular complexity index is 864. The zero-order chi connectivity index (χ0) is 19.4. The lowest BCUT2D eigenvalue weighted by atomic mass is 10.1. The molecule has 2 aromatic rings. The molecule has 0 spiro atoms. The molecule has 1 heterocycles. The summed E-state index contributed by atoms with van der Waals surface area (Å²) >= 11 is 6.23. The molecular formula is C20H22ClN3O3. The van der Waals surface area contributed by atoms with Crippen LogP contribution < -0.4 is 15.5 Å². The van der Waals surface area contributed by atoms with Crippen LogP contribution in [0, 0.1) is 6.92 Å². The van der Waals surface area contributed by atoms with Crippen molar-refractivity contribution < 1.29 is 14.3 Å². The first kappa shape index (κ1) is 19.2. The molecule has 1 aliphatic rings. The van der Waals surface area contributed by atoms with Crippen LogP contribution in [-0.4, -0.2) is 45.2 Å². The summed E-state index contributed by atoms with van der Waals surface area (Å²) in [5, 5.41) is 6.60. The molecule has 1 saturated heterocycles. The van der Waals surface area contributed by atoms with Gasteiger partial charge in [0.05, 0.1) is 34.6 Å². The fraction of sp³-hybridized carbons (Fsp3) is 0.300. The third-order valence-electron chi connectivity index (χ3n) is 4.49. The molecule has 27 heavy (non-hydrogen) atoms. The maximum Gasteiger partial charge on any atom is 0.337 e. The number of carbonyl (C=O) groups is 2. The second-order valence-corrected chi connectivity index (χ2v) is 6.81.